The van der Waals surface area contributed by atoms with E-state index in [1.165, 1.54) is 135 Å². The van der Waals surface area contributed by atoms with E-state index in [0.29, 0.717) is 6.42 Å². The van der Waals surface area contributed by atoms with E-state index < -0.39 is 24.2 Å². The molecule has 0 spiro atoms. The normalized spacial score (nSPS) is 14.0. The number of hydrogen-bond donors (Lipinski definition) is 4. The zero-order valence-corrected chi connectivity index (χ0v) is 29.3. The van der Waals surface area contributed by atoms with Crippen LogP contribution in [0.2, 0.25) is 0 Å². The molecule has 0 aromatic rings. The lowest BCUT2D eigenvalue weighted by molar-refractivity contribution is -0.131. The lowest BCUT2D eigenvalue weighted by Gasteiger charge is -2.21. The molecule has 0 aliphatic carbocycles. The molecular weight excluding hydrogens is 546 g/mol. The van der Waals surface area contributed by atoms with E-state index in [9.17, 15) is 20.1 Å². The van der Waals surface area contributed by atoms with Crippen molar-refractivity contribution in [3.63, 3.8) is 0 Å². The molecule has 0 saturated carbocycles. The monoisotopic (exact) mass is 622 g/mol. The molecule has 0 bridgehead atoms. The summed E-state index contributed by atoms with van der Waals surface area (Å²) in [6.45, 7) is 4.15. The molecule has 3 atom stereocenters. The summed E-state index contributed by atoms with van der Waals surface area (Å²) < 4.78 is 0. The summed E-state index contributed by atoms with van der Waals surface area (Å²) in [6.07, 6.45) is 40.5. The maximum Gasteiger partial charge on any atom is 0.249 e. The van der Waals surface area contributed by atoms with E-state index >= 15 is 0 Å². The summed E-state index contributed by atoms with van der Waals surface area (Å²) in [4.78, 5) is 12.4. The Kier molecular flexibility index (Phi) is 33.8. The van der Waals surface area contributed by atoms with Crippen molar-refractivity contribution < 1.29 is 20.1 Å². The molecule has 0 aromatic heterocycles. The van der Waals surface area contributed by atoms with Gasteiger partial charge >= 0.3 is 0 Å². The van der Waals surface area contributed by atoms with Crippen molar-refractivity contribution in [2.45, 2.75) is 212 Å². The largest absolute Gasteiger partial charge is 0.394 e. The molecule has 0 radical (unpaired) electrons. The minimum atomic E-state index is -1.10. The fraction of sp³-hybridized carbons (Fsp3) is 0.872. The number of carbonyl (C=O) groups excluding carboxylic acids is 1. The Morgan fingerprint density at radius 2 is 0.932 bits per heavy atom. The van der Waals surface area contributed by atoms with Crippen molar-refractivity contribution in [3.8, 4) is 0 Å². The molecule has 3 unspecified atom stereocenters. The first-order valence-corrected chi connectivity index (χ1v) is 19.2. The fourth-order valence-electron chi connectivity index (χ4n) is 5.73. The molecule has 5 nitrogen and oxygen atoms in total. The molecule has 1 amide bonds. The van der Waals surface area contributed by atoms with Gasteiger partial charge in [0, 0.05) is 0 Å². The van der Waals surface area contributed by atoms with Crippen molar-refractivity contribution in [3.05, 3.63) is 24.3 Å². The van der Waals surface area contributed by atoms with Crippen LogP contribution in [0.3, 0.4) is 0 Å². The van der Waals surface area contributed by atoms with Gasteiger partial charge in [0.15, 0.2) is 0 Å². The van der Waals surface area contributed by atoms with Gasteiger partial charge in [0.2, 0.25) is 5.91 Å². The first-order chi connectivity index (χ1) is 21.6. The highest BCUT2D eigenvalue weighted by Crippen LogP contribution is 2.15. The summed E-state index contributed by atoms with van der Waals surface area (Å²) in [7, 11) is 0. The molecule has 0 rings (SSSR count). The van der Waals surface area contributed by atoms with Crippen molar-refractivity contribution >= 4 is 5.91 Å². The first kappa shape index (κ1) is 42.8. The number of hydrogen-bond acceptors (Lipinski definition) is 4. The predicted molar refractivity (Wildman–Crippen MR) is 190 cm³/mol. The smallest absolute Gasteiger partial charge is 0.249 e. The second kappa shape index (κ2) is 34.7. The Morgan fingerprint density at radius 3 is 1.39 bits per heavy atom. The van der Waals surface area contributed by atoms with Crippen LogP contribution in [-0.2, 0) is 4.79 Å². The highest BCUT2D eigenvalue weighted by atomic mass is 16.3. The average Bonchev–Trinajstić information content (AvgIpc) is 3.03. The Hall–Kier alpha value is -1.17. The standard InChI is InChI=1S/C39H75NO4/c1-3-5-7-9-11-13-15-17-19-20-22-24-26-28-30-32-34-38(43)39(44)40-36(35-41)37(42)33-31-29-27-25-23-21-18-16-14-12-10-8-6-4-2/h23,25,31,33,36-38,41-43H,3-22,24,26-30,32,34-35H2,1-2H3,(H,40,44)/b25-23+,33-31+. The van der Waals surface area contributed by atoms with Crippen molar-refractivity contribution in [1.29, 1.82) is 0 Å². The topological polar surface area (TPSA) is 89.8 Å². The van der Waals surface area contributed by atoms with Gasteiger partial charge in [-0.1, -0.05) is 186 Å². The highest BCUT2D eigenvalue weighted by molar-refractivity contribution is 5.80. The molecule has 260 valence electrons. The number of aliphatic hydroxyl groups is 3. The fourth-order valence-corrected chi connectivity index (χ4v) is 5.73. The third kappa shape index (κ3) is 29.5. The molecule has 44 heavy (non-hydrogen) atoms. The van der Waals surface area contributed by atoms with Crippen LogP contribution in [-0.4, -0.2) is 46.1 Å². The molecule has 4 N–H and O–H groups in total. The van der Waals surface area contributed by atoms with Gasteiger partial charge in [0.05, 0.1) is 18.8 Å². The minimum absolute atomic E-state index is 0.373. The van der Waals surface area contributed by atoms with Crippen LogP contribution in [0.1, 0.15) is 194 Å². The summed E-state index contributed by atoms with van der Waals surface area (Å²) in [5.41, 5.74) is 0. The molecule has 0 fully saturated rings. The SMILES string of the molecule is CCCCCCCCCC/C=C/CC/C=C/C(O)C(CO)NC(=O)C(O)CCCCCCCCCCCCCCCCCC. The maximum absolute atomic E-state index is 12.4. The Bertz CT molecular complexity index is 650. The minimum Gasteiger partial charge on any atom is -0.394 e. The van der Waals surface area contributed by atoms with Crippen LogP contribution in [0, 0.1) is 0 Å². The quantitative estimate of drug-likeness (QED) is 0.0425. The van der Waals surface area contributed by atoms with Gasteiger partial charge < -0.3 is 20.6 Å². The van der Waals surface area contributed by atoms with Gasteiger partial charge in [-0.15, -0.1) is 0 Å². The van der Waals surface area contributed by atoms with Crippen LogP contribution in [0.15, 0.2) is 24.3 Å². The van der Waals surface area contributed by atoms with Crippen molar-refractivity contribution in [1.82, 2.24) is 5.32 Å². The Labute approximate surface area is 273 Å². The van der Waals surface area contributed by atoms with Crippen LogP contribution < -0.4 is 5.32 Å². The van der Waals surface area contributed by atoms with Crippen molar-refractivity contribution in [2.24, 2.45) is 0 Å². The number of allylic oxidation sites excluding steroid dienone is 3. The van der Waals surface area contributed by atoms with Gasteiger partial charge in [0.25, 0.3) is 0 Å². The second-order valence-corrected chi connectivity index (χ2v) is 13.1. The van der Waals surface area contributed by atoms with E-state index in [1.807, 2.05) is 6.08 Å². The summed E-state index contributed by atoms with van der Waals surface area (Å²) in [5, 5.41) is 32.9. The van der Waals surface area contributed by atoms with Gasteiger partial charge in [0.1, 0.15) is 6.10 Å². The van der Waals surface area contributed by atoms with E-state index in [-0.39, 0.29) is 6.61 Å². The second-order valence-electron chi connectivity index (χ2n) is 13.1. The average molecular weight is 622 g/mol. The molecule has 0 saturated heterocycles. The number of aliphatic hydroxyl groups excluding tert-OH is 3. The molecule has 5 heteroatoms. The molecular formula is C39H75NO4. The van der Waals surface area contributed by atoms with Crippen LogP contribution in [0.5, 0.6) is 0 Å². The van der Waals surface area contributed by atoms with Crippen LogP contribution >= 0.6 is 0 Å². The molecule has 0 heterocycles. The lowest BCUT2D eigenvalue weighted by Crippen LogP contribution is -2.48. The predicted octanol–water partition coefficient (Wildman–Crippen LogP) is 10.3. The van der Waals surface area contributed by atoms with E-state index in [1.54, 1.807) is 6.08 Å². The van der Waals surface area contributed by atoms with Crippen LogP contribution in [0.25, 0.3) is 0 Å². The third-order valence-corrected chi connectivity index (χ3v) is 8.79. The summed E-state index contributed by atoms with van der Waals surface area (Å²) in [5.74, 6) is -0.513. The lowest BCUT2D eigenvalue weighted by atomic mass is 10.0. The van der Waals surface area contributed by atoms with Gasteiger partial charge in [-0.2, -0.15) is 0 Å². The summed E-state index contributed by atoms with van der Waals surface area (Å²) in [6, 6.07) is -0.809. The number of rotatable bonds is 34. The molecule has 0 aliphatic rings. The first-order valence-electron chi connectivity index (χ1n) is 19.2. The third-order valence-electron chi connectivity index (χ3n) is 8.79. The van der Waals surface area contributed by atoms with Crippen molar-refractivity contribution in [2.75, 3.05) is 6.61 Å². The maximum atomic E-state index is 12.4. The van der Waals surface area contributed by atoms with E-state index in [0.717, 1.165) is 38.5 Å². The summed E-state index contributed by atoms with van der Waals surface area (Å²) >= 11 is 0. The van der Waals surface area contributed by atoms with E-state index in [2.05, 4.69) is 31.3 Å². The Balaban J connectivity index is 3.75. The number of carbonyl (C=O) groups is 1. The zero-order valence-electron chi connectivity index (χ0n) is 29.3. The molecule has 0 aromatic carbocycles. The number of unbranched alkanes of at least 4 members (excludes halogenated alkanes) is 24. The van der Waals surface area contributed by atoms with E-state index in [4.69, 9.17) is 0 Å². The van der Waals surface area contributed by atoms with Gasteiger partial charge in [-0.25, -0.2) is 0 Å². The van der Waals surface area contributed by atoms with Gasteiger partial charge in [-0.05, 0) is 32.1 Å². The Morgan fingerprint density at radius 1 is 0.545 bits per heavy atom. The van der Waals surface area contributed by atoms with Gasteiger partial charge in [-0.3, -0.25) is 4.79 Å². The highest BCUT2D eigenvalue weighted by Gasteiger charge is 2.22. The number of amides is 1. The molecule has 0 aliphatic heterocycles. The van der Waals surface area contributed by atoms with Crippen LogP contribution in [0.4, 0.5) is 0 Å². The number of nitrogens with one attached hydrogen (secondary N) is 1. The zero-order chi connectivity index (χ0) is 32.4.